The van der Waals surface area contributed by atoms with Crippen LogP contribution in [0, 0.1) is 0 Å². The lowest BCUT2D eigenvalue weighted by atomic mass is 10.1. The molecule has 14 heteroatoms. The van der Waals surface area contributed by atoms with Gasteiger partial charge in [-0.3, -0.25) is 14.3 Å². The van der Waals surface area contributed by atoms with Gasteiger partial charge in [-0.15, -0.1) is 11.8 Å². The molecule has 1 amide bonds. The van der Waals surface area contributed by atoms with E-state index in [9.17, 15) is 22.8 Å². The Morgan fingerprint density at radius 1 is 1.14 bits per heavy atom. The molecule has 1 saturated heterocycles. The van der Waals surface area contributed by atoms with Crippen LogP contribution in [0.2, 0.25) is 0 Å². The van der Waals surface area contributed by atoms with Crippen molar-refractivity contribution < 1.29 is 23.1 Å². The van der Waals surface area contributed by atoms with E-state index in [0.29, 0.717) is 36.7 Å². The van der Waals surface area contributed by atoms with E-state index >= 15 is 0 Å². The third-order valence-corrected chi connectivity index (χ3v) is 9.93. The van der Waals surface area contributed by atoms with Gasteiger partial charge >= 0.3 is 11.7 Å². The molecule has 0 radical (unpaired) electrons. The minimum absolute atomic E-state index is 0.00468. The summed E-state index contributed by atoms with van der Waals surface area (Å²) in [6.07, 6.45) is 5.12. The zero-order valence-electron chi connectivity index (χ0n) is 25.4. The number of aliphatic carboxylic acids is 1. The number of benzene rings is 1. The highest BCUT2D eigenvalue weighted by Crippen LogP contribution is 2.36. The predicted molar refractivity (Wildman–Crippen MR) is 171 cm³/mol. The van der Waals surface area contributed by atoms with Gasteiger partial charge in [0.15, 0.2) is 5.65 Å². The van der Waals surface area contributed by atoms with Crippen molar-refractivity contribution in [1.82, 2.24) is 28.7 Å². The van der Waals surface area contributed by atoms with Crippen LogP contribution in [0.4, 0.5) is 0 Å². The number of amides is 1. The first kappa shape index (κ1) is 34.5. The number of carboxylic acids is 1. The number of hydrogen-bond donors (Lipinski definition) is 2. The fourth-order valence-corrected chi connectivity index (χ4v) is 7.37. The third kappa shape index (κ3) is 7.92. The van der Waals surface area contributed by atoms with E-state index in [1.807, 2.05) is 26.8 Å². The summed E-state index contributed by atoms with van der Waals surface area (Å²) >= 11 is 1.66. The summed E-state index contributed by atoms with van der Waals surface area (Å²) in [6.45, 7) is 11.1. The molecule has 1 aliphatic rings. The number of nitrogens with one attached hydrogen (secondary N) is 1. The maximum absolute atomic E-state index is 12.7. The smallest absolute Gasteiger partial charge is 0.334 e. The van der Waals surface area contributed by atoms with Gasteiger partial charge in [0.1, 0.15) is 10.9 Å². The van der Waals surface area contributed by atoms with Gasteiger partial charge in [-0.1, -0.05) is 26.0 Å². The number of imidazole rings is 1. The topological polar surface area (TPSA) is 156 Å². The number of rotatable bonds is 9. The zero-order chi connectivity index (χ0) is 32.5. The summed E-state index contributed by atoms with van der Waals surface area (Å²) in [5.41, 5.74) is 2.52. The lowest BCUT2D eigenvalue weighted by Gasteiger charge is -2.18. The summed E-state index contributed by atoms with van der Waals surface area (Å²) in [6, 6.07) is 12.8. The quantitative estimate of drug-likeness (QED) is 0.261. The van der Waals surface area contributed by atoms with Gasteiger partial charge < -0.3 is 10.4 Å². The lowest BCUT2D eigenvalue weighted by molar-refractivity contribution is -0.140. The number of thioether (sulfide) groups is 1. The molecule has 12 nitrogen and oxygen atoms in total. The summed E-state index contributed by atoms with van der Waals surface area (Å²) in [4.78, 5) is 42.8. The standard InChI is InChI=1S/C18H18N4O4.C10H14N2O2S2.C2H6/c1-2-21-15-4-3-9-19-16(15)22(18(21)26)13-7-5-12(6-8-13)10-14(17(24)25)20-11-23;1-10(2)7-12(8-15-10)16(13,14)9-4-3-5-11-6-9;1-2/h3-9,11,14H,2,10H2,1H3,(H,20,23)(H,24,25);3-6H,7-8H2,1-2H3;1-2H3/t14-;;/m0../s1. The average Bonchev–Trinajstić information content (AvgIpc) is 3.54. The van der Waals surface area contributed by atoms with Crippen molar-refractivity contribution in [3.63, 3.8) is 0 Å². The Bertz CT molecular complexity index is 1720. The van der Waals surface area contributed by atoms with E-state index in [1.54, 1.807) is 71.2 Å². The van der Waals surface area contributed by atoms with Crippen LogP contribution in [0.1, 0.15) is 40.2 Å². The zero-order valence-corrected chi connectivity index (χ0v) is 27.0. The molecule has 4 aromatic rings. The second-order valence-corrected chi connectivity index (χ2v) is 13.7. The molecule has 44 heavy (non-hydrogen) atoms. The Morgan fingerprint density at radius 3 is 2.36 bits per heavy atom. The van der Waals surface area contributed by atoms with Crippen LogP contribution in [0.15, 0.2) is 76.8 Å². The molecule has 0 unspecified atom stereocenters. The molecule has 0 saturated carbocycles. The number of sulfonamides is 1. The second-order valence-electron chi connectivity index (χ2n) is 10.1. The van der Waals surface area contributed by atoms with Gasteiger partial charge in [0.05, 0.1) is 17.1 Å². The van der Waals surface area contributed by atoms with Gasteiger partial charge in [0.2, 0.25) is 16.4 Å². The summed E-state index contributed by atoms with van der Waals surface area (Å²) in [5, 5.41) is 11.4. The lowest BCUT2D eigenvalue weighted by Crippen LogP contribution is -2.37. The van der Waals surface area contributed by atoms with E-state index in [4.69, 9.17) is 5.11 Å². The average molecular weight is 643 g/mol. The van der Waals surface area contributed by atoms with Gasteiger partial charge in [-0.05, 0) is 62.7 Å². The fraction of sp³-hybridized carbons (Fsp3) is 0.367. The SMILES string of the molecule is CC.CC1(C)CN(S(=O)(=O)c2cccnc2)CS1.CCn1c(=O)n(-c2ccc(C[C@H](NC=O)C(=O)O)cc2)c2ncccc21. The Kier molecular flexibility index (Phi) is 11.9. The van der Waals surface area contributed by atoms with Crippen molar-refractivity contribution in [2.75, 3.05) is 12.4 Å². The highest BCUT2D eigenvalue weighted by molar-refractivity contribution is 8.01. The van der Waals surface area contributed by atoms with E-state index in [2.05, 4.69) is 29.1 Å². The van der Waals surface area contributed by atoms with Crippen LogP contribution >= 0.6 is 11.8 Å². The van der Waals surface area contributed by atoms with E-state index in [-0.39, 0.29) is 21.8 Å². The Labute approximate surface area is 261 Å². The maximum Gasteiger partial charge on any atom is 0.334 e. The molecule has 236 valence electrons. The number of aryl methyl sites for hydroxylation is 1. The molecule has 1 fully saturated rings. The minimum atomic E-state index is -3.36. The van der Waals surface area contributed by atoms with Crippen molar-refractivity contribution in [3.8, 4) is 5.69 Å². The van der Waals surface area contributed by atoms with Crippen molar-refractivity contribution in [2.24, 2.45) is 0 Å². The van der Waals surface area contributed by atoms with Crippen molar-refractivity contribution in [2.45, 2.75) is 63.3 Å². The Morgan fingerprint density at radius 2 is 1.82 bits per heavy atom. The minimum Gasteiger partial charge on any atom is -0.480 e. The summed E-state index contributed by atoms with van der Waals surface area (Å²) in [7, 11) is -3.36. The largest absolute Gasteiger partial charge is 0.480 e. The van der Waals surface area contributed by atoms with Crippen LogP contribution < -0.4 is 11.0 Å². The van der Waals surface area contributed by atoms with Gasteiger partial charge in [-0.2, -0.15) is 4.31 Å². The molecule has 4 heterocycles. The number of carboxylic acid groups (broad SMARTS) is 1. The fourth-order valence-electron chi connectivity index (χ4n) is 4.51. The van der Waals surface area contributed by atoms with Crippen LogP contribution in [-0.2, 0) is 32.6 Å². The molecule has 2 N–H and O–H groups in total. The molecule has 1 aliphatic heterocycles. The molecule has 0 spiro atoms. The molecule has 1 aromatic carbocycles. The molecule has 1 atom stereocenters. The van der Waals surface area contributed by atoms with Crippen molar-refractivity contribution >= 4 is 45.3 Å². The van der Waals surface area contributed by atoms with E-state index in [0.717, 1.165) is 11.1 Å². The van der Waals surface area contributed by atoms with Crippen LogP contribution in [-0.4, -0.2) is 72.5 Å². The Balaban J connectivity index is 0.000000251. The van der Waals surface area contributed by atoms with Crippen molar-refractivity contribution in [3.05, 3.63) is 83.2 Å². The Hall–Kier alpha value is -4.01. The first-order chi connectivity index (χ1) is 21.0. The molecular formula is C30H38N6O6S2. The maximum atomic E-state index is 12.7. The first-order valence-electron chi connectivity index (χ1n) is 14.1. The monoisotopic (exact) mass is 642 g/mol. The van der Waals surface area contributed by atoms with Crippen molar-refractivity contribution in [1.29, 1.82) is 0 Å². The second kappa shape index (κ2) is 15.1. The third-order valence-electron chi connectivity index (χ3n) is 6.64. The normalized spacial score (nSPS) is 14.9. The number of hydrogen-bond acceptors (Lipinski definition) is 8. The van der Waals surface area contributed by atoms with Crippen LogP contribution in [0.3, 0.4) is 0 Å². The number of aromatic nitrogens is 4. The molecule has 0 bridgehead atoms. The molecule has 0 aliphatic carbocycles. The molecule has 5 rings (SSSR count). The number of fused-ring (bicyclic) bond motifs is 1. The number of pyridine rings is 2. The summed E-state index contributed by atoms with van der Waals surface area (Å²) in [5.74, 6) is -0.586. The molecule has 3 aromatic heterocycles. The van der Waals surface area contributed by atoms with Gasteiger partial charge in [0, 0.05) is 42.8 Å². The van der Waals surface area contributed by atoms with Gasteiger partial charge in [-0.25, -0.2) is 27.6 Å². The number of nitrogens with zero attached hydrogens (tertiary/aromatic N) is 5. The highest BCUT2D eigenvalue weighted by atomic mass is 32.2. The summed E-state index contributed by atoms with van der Waals surface area (Å²) < 4.78 is 29.1. The van der Waals surface area contributed by atoms with E-state index < -0.39 is 22.0 Å². The van der Waals surface area contributed by atoms with Gasteiger partial charge in [0.25, 0.3) is 0 Å². The number of carbonyl (C=O) groups is 2. The predicted octanol–water partition coefficient (Wildman–Crippen LogP) is 3.53. The van der Waals surface area contributed by atoms with Crippen LogP contribution in [0.5, 0.6) is 0 Å². The van der Waals surface area contributed by atoms with Crippen LogP contribution in [0.25, 0.3) is 16.9 Å². The first-order valence-corrected chi connectivity index (χ1v) is 16.5. The highest BCUT2D eigenvalue weighted by Gasteiger charge is 2.37. The number of carbonyl (C=O) groups excluding carboxylic acids is 1. The molecular weight excluding hydrogens is 605 g/mol. The van der Waals surface area contributed by atoms with E-state index in [1.165, 1.54) is 15.1 Å².